The number of nitrogens with one attached hydrogen (secondary N) is 1. The highest BCUT2D eigenvalue weighted by Gasteiger charge is 2.28. The van der Waals surface area contributed by atoms with Crippen molar-refractivity contribution in [1.29, 1.82) is 0 Å². The molecule has 1 aliphatic rings. The van der Waals surface area contributed by atoms with Crippen molar-refractivity contribution in [3.8, 4) is 11.5 Å². The molecule has 1 fully saturated rings. The van der Waals surface area contributed by atoms with Crippen molar-refractivity contribution in [2.45, 2.75) is 46.1 Å². The van der Waals surface area contributed by atoms with Crippen molar-refractivity contribution in [1.82, 2.24) is 5.32 Å². The lowest BCUT2D eigenvalue weighted by Crippen LogP contribution is -2.45. The molecule has 154 valence electrons. The average molecular weight is 389 g/mol. The largest absolute Gasteiger partial charge is 0.493 e. The zero-order valence-corrected chi connectivity index (χ0v) is 17.2. The van der Waals surface area contributed by atoms with E-state index in [2.05, 4.69) is 19.2 Å². The predicted molar refractivity (Wildman–Crippen MR) is 108 cm³/mol. The quantitative estimate of drug-likeness (QED) is 0.688. The Kier molecular flexibility index (Phi) is 8.36. The summed E-state index contributed by atoms with van der Waals surface area (Å²) in [6.07, 6.45) is 7.13. The van der Waals surface area contributed by atoms with Gasteiger partial charge in [0, 0.05) is 6.04 Å². The molecule has 0 spiro atoms. The van der Waals surface area contributed by atoms with E-state index in [4.69, 9.17) is 14.2 Å². The SMILES string of the molecule is C/C=C/c1ccc(OCC(=O)OCC(=O)N[C@@H]2CCC[C@H](C)[C@@H]2C)c(OC)c1. The van der Waals surface area contributed by atoms with Crippen LogP contribution in [-0.4, -0.2) is 38.2 Å². The Bertz CT molecular complexity index is 700. The van der Waals surface area contributed by atoms with Gasteiger partial charge in [-0.25, -0.2) is 4.79 Å². The normalized spacial score (nSPS) is 21.9. The molecule has 0 radical (unpaired) electrons. The summed E-state index contributed by atoms with van der Waals surface area (Å²) in [7, 11) is 1.54. The predicted octanol–water partition coefficient (Wildman–Crippen LogP) is 3.59. The maximum absolute atomic E-state index is 12.1. The smallest absolute Gasteiger partial charge is 0.344 e. The fourth-order valence-electron chi connectivity index (χ4n) is 3.46. The Balaban J connectivity index is 1.77. The van der Waals surface area contributed by atoms with Gasteiger partial charge < -0.3 is 19.5 Å². The number of esters is 1. The zero-order chi connectivity index (χ0) is 20.5. The van der Waals surface area contributed by atoms with Crippen molar-refractivity contribution in [3.63, 3.8) is 0 Å². The maximum atomic E-state index is 12.1. The number of benzene rings is 1. The number of carbonyl (C=O) groups is 2. The van der Waals surface area contributed by atoms with Gasteiger partial charge in [-0.15, -0.1) is 0 Å². The van der Waals surface area contributed by atoms with Crippen molar-refractivity contribution >= 4 is 18.0 Å². The van der Waals surface area contributed by atoms with Gasteiger partial charge in [-0.05, 0) is 42.9 Å². The molecule has 1 amide bonds. The lowest BCUT2D eigenvalue weighted by molar-refractivity contribution is -0.150. The third kappa shape index (κ3) is 6.29. The van der Waals surface area contributed by atoms with Crippen molar-refractivity contribution in [2.24, 2.45) is 11.8 Å². The molecule has 0 unspecified atom stereocenters. The van der Waals surface area contributed by atoms with E-state index >= 15 is 0 Å². The third-order valence-electron chi connectivity index (χ3n) is 5.31. The maximum Gasteiger partial charge on any atom is 0.344 e. The zero-order valence-electron chi connectivity index (χ0n) is 17.2. The van der Waals surface area contributed by atoms with E-state index in [9.17, 15) is 9.59 Å². The van der Waals surface area contributed by atoms with Crippen LogP contribution in [0.15, 0.2) is 24.3 Å². The molecular weight excluding hydrogens is 358 g/mol. The van der Waals surface area contributed by atoms with Crippen LogP contribution in [0.2, 0.25) is 0 Å². The third-order valence-corrected chi connectivity index (χ3v) is 5.31. The van der Waals surface area contributed by atoms with E-state index in [1.165, 1.54) is 13.5 Å². The summed E-state index contributed by atoms with van der Waals surface area (Å²) in [5.74, 6) is 1.12. The van der Waals surface area contributed by atoms with E-state index in [0.717, 1.165) is 18.4 Å². The molecule has 28 heavy (non-hydrogen) atoms. The van der Waals surface area contributed by atoms with Crippen molar-refractivity contribution < 1.29 is 23.8 Å². The Morgan fingerprint density at radius 1 is 1.18 bits per heavy atom. The van der Waals surface area contributed by atoms with Gasteiger partial charge in [-0.2, -0.15) is 0 Å². The van der Waals surface area contributed by atoms with Gasteiger partial charge in [-0.1, -0.05) is 44.9 Å². The number of amides is 1. The van der Waals surface area contributed by atoms with Gasteiger partial charge in [0.05, 0.1) is 7.11 Å². The van der Waals surface area contributed by atoms with Crippen LogP contribution in [-0.2, 0) is 14.3 Å². The monoisotopic (exact) mass is 389 g/mol. The molecule has 1 aromatic carbocycles. The van der Waals surface area contributed by atoms with Crippen LogP contribution in [0, 0.1) is 11.8 Å². The molecule has 1 saturated carbocycles. The fraction of sp³-hybridized carbons (Fsp3) is 0.545. The molecule has 3 atom stereocenters. The Hall–Kier alpha value is -2.50. The first kappa shape index (κ1) is 21.8. The lowest BCUT2D eigenvalue weighted by Gasteiger charge is -2.34. The topological polar surface area (TPSA) is 73.9 Å². The summed E-state index contributed by atoms with van der Waals surface area (Å²) in [4.78, 5) is 24.0. The first-order valence-electron chi connectivity index (χ1n) is 9.83. The second kappa shape index (κ2) is 10.7. The Morgan fingerprint density at radius 3 is 2.68 bits per heavy atom. The summed E-state index contributed by atoms with van der Waals surface area (Å²) in [6, 6.07) is 5.56. The second-order valence-electron chi connectivity index (χ2n) is 7.30. The molecule has 0 aliphatic heterocycles. The molecule has 0 bridgehead atoms. The van der Waals surface area contributed by atoms with Crippen LogP contribution in [0.1, 0.15) is 45.6 Å². The molecule has 0 aromatic heterocycles. The lowest BCUT2D eigenvalue weighted by atomic mass is 9.78. The summed E-state index contributed by atoms with van der Waals surface area (Å²) in [5.41, 5.74) is 0.970. The van der Waals surface area contributed by atoms with Crippen LogP contribution in [0.3, 0.4) is 0 Å². The first-order chi connectivity index (χ1) is 13.4. The fourth-order valence-corrected chi connectivity index (χ4v) is 3.46. The van der Waals surface area contributed by atoms with E-state index in [-0.39, 0.29) is 25.2 Å². The van der Waals surface area contributed by atoms with Crippen molar-refractivity contribution in [2.75, 3.05) is 20.3 Å². The van der Waals surface area contributed by atoms with Crippen molar-refractivity contribution in [3.05, 3.63) is 29.8 Å². The van der Waals surface area contributed by atoms with Gasteiger partial charge in [-0.3, -0.25) is 4.79 Å². The molecule has 6 nitrogen and oxygen atoms in total. The van der Waals surface area contributed by atoms with Crippen LogP contribution in [0.5, 0.6) is 11.5 Å². The molecule has 6 heteroatoms. The van der Waals surface area contributed by atoms with Gasteiger partial charge in [0.2, 0.25) is 0 Å². The minimum absolute atomic E-state index is 0.145. The van der Waals surface area contributed by atoms with E-state index < -0.39 is 5.97 Å². The number of hydrogen-bond acceptors (Lipinski definition) is 5. The highest BCUT2D eigenvalue weighted by atomic mass is 16.6. The molecule has 1 aliphatic carbocycles. The average Bonchev–Trinajstić information content (AvgIpc) is 2.69. The summed E-state index contributed by atoms with van der Waals surface area (Å²) in [6.45, 7) is 5.71. The van der Waals surface area contributed by atoms with E-state index in [1.54, 1.807) is 6.07 Å². The number of hydrogen-bond donors (Lipinski definition) is 1. The Morgan fingerprint density at radius 2 is 1.96 bits per heavy atom. The van der Waals surface area contributed by atoms with Gasteiger partial charge in [0.15, 0.2) is 24.7 Å². The first-order valence-corrected chi connectivity index (χ1v) is 9.83. The second-order valence-corrected chi connectivity index (χ2v) is 7.30. The molecule has 1 N–H and O–H groups in total. The number of rotatable bonds is 8. The van der Waals surface area contributed by atoms with E-state index in [0.29, 0.717) is 23.3 Å². The molecule has 0 saturated heterocycles. The number of allylic oxidation sites excluding steroid dienone is 1. The highest BCUT2D eigenvalue weighted by molar-refractivity contribution is 5.81. The Labute approximate surface area is 167 Å². The van der Waals surface area contributed by atoms with E-state index in [1.807, 2.05) is 31.2 Å². The minimum Gasteiger partial charge on any atom is -0.493 e. The summed E-state index contributed by atoms with van der Waals surface area (Å²) >= 11 is 0. The molecule has 2 rings (SSSR count). The van der Waals surface area contributed by atoms with Gasteiger partial charge in [0.25, 0.3) is 5.91 Å². The molecular formula is C22H31NO5. The minimum atomic E-state index is -0.597. The summed E-state index contributed by atoms with van der Waals surface area (Å²) < 4.78 is 15.8. The van der Waals surface area contributed by atoms with Crippen LogP contribution in [0.25, 0.3) is 6.08 Å². The van der Waals surface area contributed by atoms with Crippen LogP contribution < -0.4 is 14.8 Å². The van der Waals surface area contributed by atoms with Crippen LogP contribution in [0.4, 0.5) is 0 Å². The number of methoxy groups -OCH3 is 1. The molecule has 1 aromatic rings. The van der Waals surface area contributed by atoms with Gasteiger partial charge >= 0.3 is 5.97 Å². The summed E-state index contributed by atoms with van der Waals surface area (Å²) in [5, 5.41) is 2.98. The highest BCUT2D eigenvalue weighted by Crippen LogP contribution is 2.30. The van der Waals surface area contributed by atoms with Gasteiger partial charge in [0.1, 0.15) is 0 Å². The van der Waals surface area contributed by atoms with Crippen LogP contribution >= 0.6 is 0 Å². The number of ether oxygens (including phenoxy) is 3. The standard InChI is InChI=1S/C22H31NO5/c1-5-7-17-10-11-19(20(12-17)26-4)27-14-22(25)28-13-21(24)23-18-9-6-8-15(2)16(18)3/h5,7,10-12,15-16,18H,6,8-9,13-14H2,1-4H3,(H,23,24)/b7-5+/t15-,16-,18+/m0/s1. The number of carbonyl (C=O) groups excluding carboxylic acids is 2. The molecule has 0 heterocycles.